The van der Waals surface area contributed by atoms with Crippen molar-refractivity contribution in [1.29, 1.82) is 0 Å². The van der Waals surface area contributed by atoms with Gasteiger partial charge in [0.25, 0.3) is 0 Å². The van der Waals surface area contributed by atoms with Crippen molar-refractivity contribution < 1.29 is 24.2 Å². The predicted octanol–water partition coefficient (Wildman–Crippen LogP) is 1.33. The van der Waals surface area contributed by atoms with Gasteiger partial charge < -0.3 is 14.6 Å². The zero-order valence-corrected chi connectivity index (χ0v) is 9.65. The molecule has 0 amide bonds. The Bertz CT molecular complexity index is 497. The van der Waals surface area contributed by atoms with Gasteiger partial charge in [-0.1, -0.05) is 11.6 Å². The number of methoxy groups -OCH3 is 1. The molecule has 1 aliphatic rings. The highest BCUT2D eigenvalue weighted by molar-refractivity contribution is 6.33. The van der Waals surface area contributed by atoms with Crippen LogP contribution < -0.4 is 4.74 Å². The number of hydrogen-bond donors (Lipinski definition) is 1. The monoisotopic (exact) mass is 256 g/mol. The molecule has 1 N–H and O–H groups in total. The third kappa shape index (κ3) is 1.82. The number of rotatable bonds is 2. The van der Waals surface area contributed by atoms with E-state index in [1.54, 1.807) is 0 Å². The lowest BCUT2D eigenvalue weighted by molar-refractivity contribution is -0.147. The smallest absolute Gasteiger partial charge is 0.347 e. The molecule has 0 aliphatic carbocycles. The quantitative estimate of drug-likeness (QED) is 0.638. The zero-order chi connectivity index (χ0) is 12.6. The molecule has 1 aromatic rings. The third-order valence-corrected chi connectivity index (χ3v) is 2.91. The summed E-state index contributed by atoms with van der Waals surface area (Å²) >= 11 is 5.79. The van der Waals surface area contributed by atoms with E-state index in [-0.39, 0.29) is 22.8 Å². The maximum atomic E-state index is 11.3. The number of carbonyl (C=O) groups is 2. The predicted molar refractivity (Wildman–Crippen MR) is 58.6 cm³/mol. The van der Waals surface area contributed by atoms with E-state index in [4.69, 9.17) is 16.3 Å². The molecule has 0 bridgehead atoms. The first-order valence-electron chi connectivity index (χ1n) is 4.82. The van der Waals surface area contributed by atoms with Crippen LogP contribution in [0.3, 0.4) is 0 Å². The Morgan fingerprint density at radius 3 is 3.00 bits per heavy atom. The van der Waals surface area contributed by atoms with Crippen LogP contribution in [0.25, 0.3) is 0 Å². The van der Waals surface area contributed by atoms with E-state index in [9.17, 15) is 14.7 Å². The molecule has 6 heteroatoms. The average Bonchev–Trinajstić information content (AvgIpc) is 2.72. The molecule has 17 heavy (non-hydrogen) atoms. The Hall–Kier alpha value is -1.75. The van der Waals surface area contributed by atoms with E-state index in [1.807, 2.05) is 0 Å². The van der Waals surface area contributed by atoms with Crippen molar-refractivity contribution in [3.63, 3.8) is 0 Å². The molecule has 1 heterocycles. The van der Waals surface area contributed by atoms with Crippen LogP contribution in [0, 0.1) is 0 Å². The number of fused-ring (bicyclic) bond motifs is 1. The van der Waals surface area contributed by atoms with Gasteiger partial charge >= 0.3 is 5.97 Å². The van der Waals surface area contributed by atoms with Crippen LogP contribution in [-0.2, 0) is 16.0 Å². The summed E-state index contributed by atoms with van der Waals surface area (Å²) in [6.07, 6.45) is -0.186. The van der Waals surface area contributed by atoms with Gasteiger partial charge in [0.05, 0.1) is 17.7 Å². The van der Waals surface area contributed by atoms with Crippen LogP contribution in [0.15, 0.2) is 6.07 Å². The fraction of sp³-hybridized carbons (Fsp3) is 0.273. The summed E-state index contributed by atoms with van der Waals surface area (Å²) in [6.45, 7) is 0. The highest BCUT2D eigenvalue weighted by atomic mass is 35.5. The van der Waals surface area contributed by atoms with Gasteiger partial charge in [0.15, 0.2) is 12.4 Å². The van der Waals surface area contributed by atoms with Crippen LogP contribution >= 0.6 is 11.6 Å². The number of phenols is 1. The zero-order valence-electron chi connectivity index (χ0n) is 8.90. The van der Waals surface area contributed by atoms with E-state index in [1.165, 1.54) is 13.2 Å². The molecule has 0 radical (unpaired) electrons. The number of aldehydes is 1. The summed E-state index contributed by atoms with van der Waals surface area (Å²) in [5.74, 6) is -0.480. The van der Waals surface area contributed by atoms with Gasteiger partial charge in [-0.05, 0) is 0 Å². The molecule has 5 nitrogen and oxygen atoms in total. The van der Waals surface area contributed by atoms with Crippen molar-refractivity contribution in [2.75, 3.05) is 7.11 Å². The largest absolute Gasteiger partial charge is 0.507 e. The first kappa shape index (κ1) is 11.7. The van der Waals surface area contributed by atoms with Gasteiger partial charge in [-0.3, -0.25) is 4.79 Å². The van der Waals surface area contributed by atoms with E-state index in [0.29, 0.717) is 17.6 Å². The standard InChI is InChI=1S/C11H9ClO5/c1-16-11(15)9-2-5-8(17-9)3-7(12)6(4-13)10(5)14/h3-4,9,14H,2H2,1H3. The van der Waals surface area contributed by atoms with Crippen molar-refractivity contribution in [3.8, 4) is 11.5 Å². The fourth-order valence-corrected chi connectivity index (χ4v) is 1.96. The Morgan fingerprint density at radius 1 is 1.71 bits per heavy atom. The van der Waals surface area contributed by atoms with Gasteiger partial charge in [0, 0.05) is 18.1 Å². The number of phenolic OH excluding ortho intramolecular Hbond substituents is 1. The number of hydrogen-bond acceptors (Lipinski definition) is 5. The molecule has 0 saturated heterocycles. The van der Waals surface area contributed by atoms with Crippen molar-refractivity contribution in [2.45, 2.75) is 12.5 Å². The van der Waals surface area contributed by atoms with E-state index in [2.05, 4.69) is 4.74 Å². The van der Waals surface area contributed by atoms with E-state index < -0.39 is 12.1 Å². The van der Waals surface area contributed by atoms with Gasteiger partial charge in [0.2, 0.25) is 0 Å². The van der Waals surface area contributed by atoms with Crippen molar-refractivity contribution in [3.05, 3.63) is 22.2 Å². The van der Waals surface area contributed by atoms with Gasteiger partial charge in [-0.25, -0.2) is 4.79 Å². The van der Waals surface area contributed by atoms with Crippen molar-refractivity contribution in [2.24, 2.45) is 0 Å². The molecule has 90 valence electrons. The lowest BCUT2D eigenvalue weighted by Crippen LogP contribution is -2.26. The van der Waals surface area contributed by atoms with Crippen molar-refractivity contribution in [1.82, 2.24) is 0 Å². The van der Waals surface area contributed by atoms with Crippen LogP contribution in [-0.4, -0.2) is 30.6 Å². The maximum absolute atomic E-state index is 11.3. The minimum absolute atomic E-state index is 0.000433. The molecule has 0 spiro atoms. The molecule has 1 aromatic carbocycles. The number of esters is 1. The van der Waals surface area contributed by atoms with Crippen LogP contribution in [0.4, 0.5) is 0 Å². The fourth-order valence-electron chi connectivity index (χ4n) is 1.73. The Kier molecular flexibility index (Phi) is 2.93. The number of ether oxygens (including phenoxy) is 2. The molecule has 1 atom stereocenters. The minimum Gasteiger partial charge on any atom is -0.507 e. The topological polar surface area (TPSA) is 72.8 Å². The Labute approximate surface area is 102 Å². The second-order valence-electron chi connectivity index (χ2n) is 3.55. The lowest BCUT2D eigenvalue weighted by Gasteiger charge is -2.07. The number of aromatic hydroxyl groups is 1. The summed E-state index contributed by atoms with van der Waals surface area (Å²) < 4.78 is 9.83. The highest BCUT2D eigenvalue weighted by Gasteiger charge is 2.33. The van der Waals surface area contributed by atoms with Crippen molar-refractivity contribution >= 4 is 23.9 Å². The second-order valence-corrected chi connectivity index (χ2v) is 3.96. The summed E-state index contributed by atoms with van der Waals surface area (Å²) in [5.41, 5.74) is 0.395. The first-order valence-corrected chi connectivity index (χ1v) is 5.20. The Morgan fingerprint density at radius 2 is 2.41 bits per heavy atom. The average molecular weight is 257 g/mol. The van der Waals surface area contributed by atoms with E-state index >= 15 is 0 Å². The normalized spacial score (nSPS) is 17.2. The van der Waals surface area contributed by atoms with Gasteiger partial charge in [-0.2, -0.15) is 0 Å². The first-order chi connectivity index (χ1) is 8.08. The summed E-state index contributed by atoms with van der Waals surface area (Å²) in [6, 6.07) is 1.41. The molecule has 0 aromatic heterocycles. The van der Waals surface area contributed by atoms with Crippen LogP contribution in [0.5, 0.6) is 11.5 Å². The molecule has 1 unspecified atom stereocenters. The summed E-state index contributed by atoms with van der Waals surface area (Å²) in [7, 11) is 1.25. The maximum Gasteiger partial charge on any atom is 0.347 e. The molecule has 0 saturated carbocycles. The Balaban J connectivity index is 2.42. The van der Waals surface area contributed by atoms with Crippen LogP contribution in [0.2, 0.25) is 5.02 Å². The molecular weight excluding hydrogens is 248 g/mol. The minimum atomic E-state index is -0.807. The SMILES string of the molecule is COC(=O)C1Cc2c(cc(Cl)c(C=O)c2O)O1. The molecular formula is C11H9ClO5. The number of carbonyl (C=O) groups excluding carboxylic acids is 2. The molecule has 1 aliphatic heterocycles. The van der Waals surface area contributed by atoms with Crippen LogP contribution in [0.1, 0.15) is 15.9 Å². The number of benzene rings is 1. The summed E-state index contributed by atoms with van der Waals surface area (Å²) in [5, 5.41) is 9.90. The summed E-state index contributed by atoms with van der Waals surface area (Å²) in [4.78, 5) is 22.0. The number of halogens is 1. The van der Waals surface area contributed by atoms with Gasteiger partial charge in [-0.15, -0.1) is 0 Å². The lowest BCUT2D eigenvalue weighted by atomic mass is 10.1. The second kappa shape index (κ2) is 4.25. The third-order valence-electron chi connectivity index (χ3n) is 2.59. The molecule has 0 fully saturated rings. The van der Waals surface area contributed by atoms with Gasteiger partial charge in [0.1, 0.15) is 11.5 Å². The van der Waals surface area contributed by atoms with E-state index in [0.717, 1.165) is 0 Å². The highest BCUT2D eigenvalue weighted by Crippen LogP contribution is 2.41. The molecule has 2 rings (SSSR count).